The van der Waals surface area contributed by atoms with Crippen molar-refractivity contribution < 1.29 is 14.0 Å². The quantitative estimate of drug-likeness (QED) is 0.535. The van der Waals surface area contributed by atoms with Crippen molar-refractivity contribution in [1.29, 1.82) is 0 Å². The van der Waals surface area contributed by atoms with Crippen molar-refractivity contribution in [1.82, 2.24) is 30.3 Å². The van der Waals surface area contributed by atoms with Gasteiger partial charge in [-0.05, 0) is 59.0 Å². The zero-order valence-corrected chi connectivity index (χ0v) is 14.0. The normalized spacial score (nSPS) is 11.0. The fourth-order valence-electron chi connectivity index (χ4n) is 2.18. The van der Waals surface area contributed by atoms with E-state index >= 15 is 0 Å². The van der Waals surface area contributed by atoms with E-state index in [2.05, 4.69) is 25.7 Å². The van der Waals surface area contributed by atoms with Crippen LogP contribution >= 0.6 is 11.8 Å². The van der Waals surface area contributed by atoms with Crippen molar-refractivity contribution in [2.24, 2.45) is 0 Å². The van der Waals surface area contributed by atoms with Crippen LogP contribution in [0.5, 0.6) is 5.75 Å². The molecule has 0 fully saturated rings. The van der Waals surface area contributed by atoms with Crippen LogP contribution in [0.3, 0.4) is 0 Å². The van der Waals surface area contributed by atoms with E-state index in [-0.39, 0.29) is 11.6 Å². The summed E-state index contributed by atoms with van der Waals surface area (Å²) >= 11 is 1.32. The molecule has 0 bridgehead atoms. The first-order chi connectivity index (χ1) is 12.7. The highest BCUT2D eigenvalue weighted by molar-refractivity contribution is 7.98. The number of thioether (sulfide) groups is 1. The lowest BCUT2D eigenvalue weighted by molar-refractivity contribution is 0.391. The van der Waals surface area contributed by atoms with Crippen LogP contribution in [0.15, 0.2) is 58.2 Å². The van der Waals surface area contributed by atoms with E-state index in [4.69, 9.17) is 4.52 Å². The van der Waals surface area contributed by atoms with E-state index in [1.807, 2.05) is 0 Å². The van der Waals surface area contributed by atoms with Crippen molar-refractivity contribution in [3.63, 3.8) is 0 Å². The first-order valence-corrected chi connectivity index (χ1v) is 8.47. The van der Waals surface area contributed by atoms with E-state index in [1.54, 1.807) is 41.1 Å². The van der Waals surface area contributed by atoms with Crippen LogP contribution in [-0.2, 0) is 5.75 Å². The Morgan fingerprint density at radius 3 is 2.62 bits per heavy atom. The molecule has 0 spiro atoms. The van der Waals surface area contributed by atoms with Crippen LogP contribution in [0.1, 0.15) is 5.89 Å². The maximum atomic E-state index is 13.0. The Labute approximate surface area is 150 Å². The van der Waals surface area contributed by atoms with Gasteiger partial charge in [0.2, 0.25) is 16.9 Å². The lowest BCUT2D eigenvalue weighted by Crippen LogP contribution is -1.98. The van der Waals surface area contributed by atoms with E-state index in [0.29, 0.717) is 33.9 Å². The average Bonchev–Trinajstić information content (AvgIpc) is 3.30. The largest absolute Gasteiger partial charge is 0.508 e. The number of phenolic OH excluding ortho intramolecular Hbond substituents is 1. The molecule has 2 aromatic heterocycles. The Balaban J connectivity index is 1.48. The molecule has 26 heavy (non-hydrogen) atoms. The molecule has 10 heteroatoms. The molecular weight excluding hydrogens is 359 g/mol. The van der Waals surface area contributed by atoms with Crippen LogP contribution in [0.4, 0.5) is 4.39 Å². The fourth-order valence-corrected chi connectivity index (χ4v) is 2.91. The third kappa shape index (κ3) is 3.40. The van der Waals surface area contributed by atoms with Crippen molar-refractivity contribution in [3.8, 4) is 22.8 Å². The number of phenols is 1. The van der Waals surface area contributed by atoms with Crippen molar-refractivity contribution in [2.75, 3.05) is 0 Å². The molecule has 2 aromatic carbocycles. The van der Waals surface area contributed by atoms with Gasteiger partial charge in [-0.15, -0.1) is 5.10 Å². The molecule has 130 valence electrons. The van der Waals surface area contributed by atoms with Gasteiger partial charge in [0.25, 0.3) is 0 Å². The van der Waals surface area contributed by atoms with E-state index in [9.17, 15) is 9.50 Å². The Hall–Kier alpha value is -3.27. The summed E-state index contributed by atoms with van der Waals surface area (Å²) in [4.78, 5) is 4.29. The zero-order valence-electron chi connectivity index (χ0n) is 13.2. The zero-order chi connectivity index (χ0) is 17.9. The van der Waals surface area contributed by atoms with Crippen molar-refractivity contribution in [2.45, 2.75) is 10.9 Å². The second-order valence-corrected chi connectivity index (χ2v) is 6.14. The van der Waals surface area contributed by atoms with Gasteiger partial charge in [-0.3, -0.25) is 0 Å². The number of halogens is 1. The van der Waals surface area contributed by atoms with Gasteiger partial charge < -0.3 is 9.63 Å². The monoisotopic (exact) mass is 370 g/mol. The fraction of sp³-hybridized carbons (Fsp3) is 0.0625. The summed E-state index contributed by atoms with van der Waals surface area (Å²) in [5.74, 6) is 0.990. The van der Waals surface area contributed by atoms with Gasteiger partial charge in [0.05, 0.1) is 11.4 Å². The average molecular weight is 370 g/mol. The lowest BCUT2D eigenvalue weighted by Gasteiger charge is -2.02. The maximum absolute atomic E-state index is 13.0. The van der Waals surface area contributed by atoms with E-state index in [1.165, 1.54) is 23.9 Å². The highest BCUT2D eigenvalue weighted by atomic mass is 32.2. The molecule has 0 saturated carbocycles. The van der Waals surface area contributed by atoms with Crippen LogP contribution in [0.2, 0.25) is 0 Å². The van der Waals surface area contributed by atoms with Crippen LogP contribution < -0.4 is 0 Å². The first kappa shape index (κ1) is 16.2. The molecule has 0 unspecified atom stereocenters. The number of benzene rings is 2. The maximum Gasteiger partial charge on any atom is 0.237 e. The molecule has 0 saturated heterocycles. The minimum absolute atomic E-state index is 0.162. The molecule has 0 aliphatic rings. The number of aromatic hydroxyl groups is 1. The summed E-state index contributed by atoms with van der Waals surface area (Å²) in [6.07, 6.45) is 0. The van der Waals surface area contributed by atoms with Crippen molar-refractivity contribution >= 4 is 11.8 Å². The summed E-state index contributed by atoms with van der Waals surface area (Å²) in [6.45, 7) is 0. The summed E-state index contributed by atoms with van der Waals surface area (Å²) in [5.41, 5.74) is 1.38. The minimum atomic E-state index is -0.325. The molecule has 8 nitrogen and oxygen atoms in total. The molecule has 2 heterocycles. The van der Waals surface area contributed by atoms with Crippen LogP contribution in [0.25, 0.3) is 17.1 Å². The number of rotatable bonds is 5. The van der Waals surface area contributed by atoms with E-state index < -0.39 is 0 Å². The number of aromatic nitrogens is 6. The van der Waals surface area contributed by atoms with Crippen molar-refractivity contribution in [3.05, 3.63) is 60.2 Å². The predicted molar refractivity (Wildman–Crippen MR) is 90.1 cm³/mol. The predicted octanol–water partition coefficient (Wildman–Crippen LogP) is 2.85. The highest BCUT2D eigenvalue weighted by Crippen LogP contribution is 2.24. The summed E-state index contributed by atoms with van der Waals surface area (Å²) in [6, 6.07) is 12.4. The van der Waals surface area contributed by atoms with Gasteiger partial charge in [-0.1, -0.05) is 16.9 Å². The lowest BCUT2D eigenvalue weighted by atomic mass is 10.2. The summed E-state index contributed by atoms with van der Waals surface area (Å²) in [7, 11) is 0. The van der Waals surface area contributed by atoms with Gasteiger partial charge >= 0.3 is 0 Å². The molecule has 4 aromatic rings. The second-order valence-electron chi connectivity index (χ2n) is 5.20. The van der Waals surface area contributed by atoms with Gasteiger partial charge in [-0.2, -0.15) is 9.67 Å². The SMILES string of the molecule is Oc1ccc(-n2nnnc2SCc2nc(-c3ccc(F)cc3)no2)cc1. The molecule has 0 aliphatic carbocycles. The number of nitrogens with zero attached hydrogens (tertiary/aromatic N) is 6. The van der Waals surface area contributed by atoms with Crippen LogP contribution in [-0.4, -0.2) is 35.5 Å². The topological polar surface area (TPSA) is 103 Å². The molecule has 1 N–H and O–H groups in total. The van der Waals surface area contributed by atoms with Gasteiger partial charge in [0.1, 0.15) is 11.6 Å². The molecule has 0 atom stereocenters. The standard InChI is InChI=1S/C16H11FN6O2S/c17-11-3-1-10(2-4-11)15-18-14(25-20-15)9-26-16-19-21-22-23(16)12-5-7-13(24)8-6-12/h1-8,24H,9H2. The Morgan fingerprint density at radius 2 is 1.85 bits per heavy atom. The first-order valence-electron chi connectivity index (χ1n) is 7.48. The Bertz CT molecular complexity index is 1020. The number of hydrogen-bond acceptors (Lipinski definition) is 8. The Kier molecular flexibility index (Phi) is 4.32. The number of tetrazole rings is 1. The van der Waals surface area contributed by atoms with Gasteiger partial charge in [0.15, 0.2) is 0 Å². The van der Waals surface area contributed by atoms with Gasteiger partial charge in [0, 0.05) is 5.56 Å². The molecule has 0 amide bonds. The highest BCUT2D eigenvalue weighted by Gasteiger charge is 2.13. The van der Waals surface area contributed by atoms with Gasteiger partial charge in [-0.25, -0.2) is 4.39 Å². The van der Waals surface area contributed by atoms with E-state index in [0.717, 1.165) is 0 Å². The second kappa shape index (κ2) is 6.92. The number of hydrogen-bond donors (Lipinski definition) is 1. The smallest absolute Gasteiger partial charge is 0.237 e. The molecule has 0 aliphatic heterocycles. The minimum Gasteiger partial charge on any atom is -0.508 e. The Morgan fingerprint density at radius 1 is 1.08 bits per heavy atom. The molecule has 0 radical (unpaired) electrons. The van der Waals surface area contributed by atoms with Crippen LogP contribution in [0, 0.1) is 5.82 Å². The summed E-state index contributed by atoms with van der Waals surface area (Å²) in [5, 5.41) is 25.4. The molecular formula is C16H11FN6O2S. The third-order valence-electron chi connectivity index (χ3n) is 3.43. The summed E-state index contributed by atoms with van der Waals surface area (Å²) < 4.78 is 19.7. The third-order valence-corrected chi connectivity index (χ3v) is 4.33. The molecule has 4 rings (SSSR count).